The average molecular weight is 203 g/mol. The van der Waals surface area contributed by atoms with Crippen molar-refractivity contribution in [3.63, 3.8) is 0 Å². The van der Waals surface area contributed by atoms with Crippen LogP contribution in [0.5, 0.6) is 0 Å². The third kappa shape index (κ3) is 1.07. The number of hydrogen-bond donors (Lipinski definition) is 1. The number of carbonyl (C=O) groups excluding carboxylic acids is 1. The minimum Gasteiger partial charge on any atom is -0.319 e. The van der Waals surface area contributed by atoms with Gasteiger partial charge in [0.1, 0.15) is 11.3 Å². The summed E-state index contributed by atoms with van der Waals surface area (Å²) in [6, 6.07) is 5.49. The summed E-state index contributed by atoms with van der Waals surface area (Å²) in [7, 11) is 0. The van der Waals surface area contributed by atoms with Gasteiger partial charge < -0.3 is 4.57 Å². The summed E-state index contributed by atoms with van der Waals surface area (Å²) in [4.78, 5) is 15.8. The smallest absolute Gasteiger partial charge is 0.293 e. The van der Waals surface area contributed by atoms with Crippen molar-refractivity contribution >= 4 is 16.9 Å². The second kappa shape index (κ2) is 2.80. The molecule has 2 aromatic heterocycles. The standard InChI is InChI=1S/C10H9N3O2/c14-10-8-6-7-2-1-3-11-9(7)12(8)4-5-13(10)15/h1-3,6,15H,4-5H2. The van der Waals surface area contributed by atoms with Crippen molar-refractivity contribution in [1.82, 2.24) is 14.6 Å². The van der Waals surface area contributed by atoms with Gasteiger partial charge in [0.2, 0.25) is 0 Å². The number of nitrogens with zero attached hydrogens (tertiary/aromatic N) is 3. The van der Waals surface area contributed by atoms with Crippen LogP contribution in [0.4, 0.5) is 0 Å². The molecule has 0 unspecified atom stereocenters. The molecule has 0 saturated heterocycles. The number of fused-ring (bicyclic) bond motifs is 3. The second-order valence-electron chi connectivity index (χ2n) is 3.53. The molecule has 1 N–H and O–H groups in total. The number of hydroxylamine groups is 2. The molecule has 1 amide bonds. The lowest BCUT2D eigenvalue weighted by Crippen LogP contribution is -2.37. The SMILES string of the molecule is O=C1c2cc3cccnc3n2CCN1O. The number of amides is 1. The highest BCUT2D eigenvalue weighted by molar-refractivity contribution is 5.97. The summed E-state index contributed by atoms with van der Waals surface area (Å²) in [5.41, 5.74) is 1.30. The highest BCUT2D eigenvalue weighted by Crippen LogP contribution is 2.21. The van der Waals surface area contributed by atoms with Crippen molar-refractivity contribution < 1.29 is 10.0 Å². The summed E-state index contributed by atoms with van der Waals surface area (Å²) in [5, 5.41) is 11.0. The van der Waals surface area contributed by atoms with Crippen molar-refractivity contribution in [3.8, 4) is 0 Å². The van der Waals surface area contributed by atoms with E-state index in [1.807, 2.05) is 16.7 Å². The molecule has 5 nitrogen and oxygen atoms in total. The first-order valence-electron chi connectivity index (χ1n) is 4.72. The van der Waals surface area contributed by atoms with E-state index >= 15 is 0 Å². The van der Waals surface area contributed by atoms with Crippen molar-refractivity contribution in [3.05, 3.63) is 30.1 Å². The van der Waals surface area contributed by atoms with Crippen LogP contribution in [0.2, 0.25) is 0 Å². The van der Waals surface area contributed by atoms with Gasteiger partial charge in [0.25, 0.3) is 5.91 Å². The van der Waals surface area contributed by atoms with E-state index in [1.54, 1.807) is 12.3 Å². The van der Waals surface area contributed by atoms with Crippen molar-refractivity contribution in [2.45, 2.75) is 6.54 Å². The van der Waals surface area contributed by atoms with Crippen molar-refractivity contribution in [1.29, 1.82) is 0 Å². The summed E-state index contributed by atoms with van der Waals surface area (Å²) in [6.45, 7) is 0.893. The minimum atomic E-state index is -0.362. The lowest BCUT2D eigenvalue weighted by atomic mass is 10.3. The zero-order chi connectivity index (χ0) is 10.4. The molecule has 0 saturated carbocycles. The number of rotatable bonds is 0. The molecule has 5 heteroatoms. The highest BCUT2D eigenvalue weighted by atomic mass is 16.5. The Morgan fingerprint density at radius 2 is 2.27 bits per heavy atom. The largest absolute Gasteiger partial charge is 0.319 e. The molecule has 15 heavy (non-hydrogen) atoms. The fourth-order valence-electron chi connectivity index (χ4n) is 1.92. The molecule has 0 aromatic carbocycles. The van der Waals surface area contributed by atoms with Crippen LogP contribution in [-0.2, 0) is 6.54 Å². The van der Waals surface area contributed by atoms with Gasteiger partial charge in [-0.1, -0.05) is 0 Å². The van der Waals surface area contributed by atoms with E-state index < -0.39 is 0 Å². The minimum absolute atomic E-state index is 0.312. The normalized spacial score (nSPS) is 15.8. The fraction of sp³-hybridized carbons (Fsp3) is 0.200. The maximum Gasteiger partial charge on any atom is 0.293 e. The Kier molecular flexibility index (Phi) is 1.58. The second-order valence-corrected chi connectivity index (χ2v) is 3.53. The van der Waals surface area contributed by atoms with Gasteiger partial charge in [-0.2, -0.15) is 0 Å². The number of carbonyl (C=O) groups is 1. The zero-order valence-electron chi connectivity index (χ0n) is 7.92. The number of hydrogen-bond acceptors (Lipinski definition) is 3. The van der Waals surface area contributed by atoms with E-state index in [0.717, 1.165) is 16.1 Å². The molecule has 1 aliphatic heterocycles. The molecule has 1 aliphatic rings. The molecule has 3 heterocycles. The van der Waals surface area contributed by atoms with Crippen molar-refractivity contribution in [2.24, 2.45) is 0 Å². The van der Waals surface area contributed by atoms with Gasteiger partial charge >= 0.3 is 0 Å². The van der Waals surface area contributed by atoms with E-state index in [9.17, 15) is 10.0 Å². The molecular formula is C10H9N3O2. The van der Waals surface area contributed by atoms with Gasteiger partial charge in [-0.05, 0) is 18.2 Å². The maximum atomic E-state index is 11.6. The van der Waals surface area contributed by atoms with Crippen LogP contribution >= 0.6 is 0 Å². The van der Waals surface area contributed by atoms with E-state index in [0.29, 0.717) is 18.8 Å². The number of aromatic nitrogens is 2. The lowest BCUT2D eigenvalue weighted by Gasteiger charge is -2.22. The molecule has 0 aliphatic carbocycles. The summed E-state index contributed by atoms with van der Waals surface area (Å²) in [6.07, 6.45) is 1.70. The van der Waals surface area contributed by atoms with Gasteiger partial charge in [0, 0.05) is 18.1 Å². The van der Waals surface area contributed by atoms with Crippen LogP contribution in [0, 0.1) is 0 Å². The molecular weight excluding hydrogens is 194 g/mol. The zero-order valence-corrected chi connectivity index (χ0v) is 7.92. The third-order valence-electron chi connectivity index (χ3n) is 2.64. The molecule has 3 rings (SSSR count). The summed E-state index contributed by atoms with van der Waals surface area (Å²) in [5.74, 6) is -0.362. The quantitative estimate of drug-likeness (QED) is 0.646. The molecule has 76 valence electrons. The fourth-order valence-corrected chi connectivity index (χ4v) is 1.92. The predicted molar refractivity (Wildman–Crippen MR) is 52.6 cm³/mol. The maximum absolute atomic E-state index is 11.6. The average Bonchev–Trinajstić information content (AvgIpc) is 2.63. The Balaban J connectivity index is 2.31. The first-order valence-corrected chi connectivity index (χ1v) is 4.72. The van der Waals surface area contributed by atoms with Crippen LogP contribution in [0.3, 0.4) is 0 Å². The molecule has 0 atom stereocenters. The van der Waals surface area contributed by atoms with Gasteiger partial charge in [0.05, 0.1) is 6.54 Å². The van der Waals surface area contributed by atoms with Gasteiger partial charge in [-0.25, -0.2) is 10.0 Å². The number of pyridine rings is 1. The Labute approximate surface area is 85.5 Å². The van der Waals surface area contributed by atoms with Crippen LogP contribution in [0.1, 0.15) is 10.5 Å². The lowest BCUT2D eigenvalue weighted by molar-refractivity contribution is -0.0657. The van der Waals surface area contributed by atoms with E-state index in [1.165, 1.54) is 0 Å². The van der Waals surface area contributed by atoms with Crippen LogP contribution in [0.15, 0.2) is 24.4 Å². The van der Waals surface area contributed by atoms with E-state index in [-0.39, 0.29) is 5.91 Å². The molecule has 0 spiro atoms. The highest BCUT2D eigenvalue weighted by Gasteiger charge is 2.25. The third-order valence-corrected chi connectivity index (χ3v) is 2.64. The van der Waals surface area contributed by atoms with Crippen LogP contribution in [0.25, 0.3) is 11.0 Å². The molecule has 0 fully saturated rings. The predicted octanol–water partition coefficient (Wildman–Crippen LogP) is 0.881. The molecule has 0 radical (unpaired) electrons. The van der Waals surface area contributed by atoms with E-state index in [4.69, 9.17) is 0 Å². The Hall–Kier alpha value is -1.88. The summed E-state index contributed by atoms with van der Waals surface area (Å²) < 4.78 is 1.84. The van der Waals surface area contributed by atoms with Gasteiger partial charge in [0.15, 0.2) is 0 Å². The first kappa shape index (κ1) is 8.43. The van der Waals surface area contributed by atoms with E-state index in [2.05, 4.69) is 4.98 Å². The molecule has 0 bridgehead atoms. The monoisotopic (exact) mass is 203 g/mol. The van der Waals surface area contributed by atoms with Crippen LogP contribution in [-0.4, -0.2) is 32.3 Å². The van der Waals surface area contributed by atoms with Crippen LogP contribution < -0.4 is 0 Å². The Bertz CT molecular complexity index is 547. The van der Waals surface area contributed by atoms with Gasteiger partial charge in [-0.3, -0.25) is 10.0 Å². The first-order chi connectivity index (χ1) is 7.27. The topological polar surface area (TPSA) is 58.4 Å². The Morgan fingerprint density at radius 1 is 1.40 bits per heavy atom. The molecule has 2 aromatic rings. The van der Waals surface area contributed by atoms with Crippen molar-refractivity contribution in [2.75, 3.05) is 6.54 Å². The Morgan fingerprint density at radius 3 is 3.13 bits per heavy atom. The summed E-state index contributed by atoms with van der Waals surface area (Å²) >= 11 is 0. The van der Waals surface area contributed by atoms with Gasteiger partial charge in [-0.15, -0.1) is 0 Å².